The summed E-state index contributed by atoms with van der Waals surface area (Å²) in [5.74, 6) is 0. The molecule has 1 heterocycles. The van der Waals surface area contributed by atoms with Gasteiger partial charge in [-0.3, -0.25) is 4.99 Å². The van der Waals surface area contributed by atoms with E-state index in [9.17, 15) is 0 Å². The van der Waals surface area contributed by atoms with E-state index in [1.54, 1.807) is 0 Å². The molecule has 1 aliphatic rings. The van der Waals surface area contributed by atoms with Gasteiger partial charge in [-0.05, 0) is 19.9 Å². The largest absolute Gasteiger partial charge is 1.00 e. The number of rotatable bonds is 0. The van der Waals surface area contributed by atoms with Gasteiger partial charge in [0.05, 0.1) is 5.54 Å². The molecule has 0 fully saturated rings. The Morgan fingerprint density at radius 2 is 2.12 bits per heavy atom. The van der Waals surface area contributed by atoms with Crippen LogP contribution in [0, 0.1) is 0 Å². The van der Waals surface area contributed by atoms with E-state index in [4.69, 9.17) is 0 Å². The van der Waals surface area contributed by atoms with Gasteiger partial charge in [-0.2, -0.15) is 0 Å². The number of hydrogen-bond donors (Lipinski definition) is 0. The van der Waals surface area contributed by atoms with Crippen LogP contribution in [0.25, 0.3) is 0 Å². The van der Waals surface area contributed by atoms with E-state index in [0.717, 1.165) is 0 Å². The van der Waals surface area contributed by atoms with Gasteiger partial charge in [0.2, 0.25) is 0 Å². The molecule has 0 atom stereocenters. The molecule has 1 rings (SSSR count). The Labute approximate surface area is 73.7 Å². The molecule has 2 heteroatoms. The van der Waals surface area contributed by atoms with Gasteiger partial charge >= 0.3 is 29.6 Å². The number of hydrogen-bond acceptors (Lipinski definition) is 1. The van der Waals surface area contributed by atoms with E-state index in [1.165, 1.54) is 0 Å². The van der Waals surface area contributed by atoms with Crippen LogP contribution in [-0.4, -0.2) is 11.8 Å². The number of allylic oxidation sites excluding steroid dienone is 1. The zero-order valence-corrected chi connectivity index (χ0v) is 7.68. The molecule has 40 valence electrons. The van der Waals surface area contributed by atoms with Crippen molar-refractivity contribution < 1.29 is 31.0 Å². The second kappa shape index (κ2) is 2.81. The molecule has 0 aliphatic carbocycles. The van der Waals surface area contributed by atoms with Gasteiger partial charge < -0.3 is 1.43 Å². The Morgan fingerprint density at radius 3 is 2.25 bits per heavy atom. The van der Waals surface area contributed by atoms with Gasteiger partial charge in [-0.1, -0.05) is 6.08 Å². The fourth-order valence-corrected chi connectivity index (χ4v) is 0.557. The van der Waals surface area contributed by atoms with Crippen LogP contribution in [0.5, 0.6) is 0 Å². The minimum atomic E-state index is 0. The third-order valence-electron chi connectivity index (χ3n) is 0.997. The molecule has 0 unspecified atom stereocenters. The van der Waals surface area contributed by atoms with Crippen LogP contribution in [0.4, 0.5) is 0 Å². The minimum Gasteiger partial charge on any atom is -1.00 e. The zero-order chi connectivity index (χ0) is 5.33. The molecule has 1 nitrogen and oxygen atoms in total. The first-order valence-electron chi connectivity index (χ1n) is 2.44. The molecule has 8 heavy (non-hydrogen) atoms. The zero-order valence-electron chi connectivity index (χ0n) is 6.68. The maximum absolute atomic E-state index is 4.13. The van der Waals surface area contributed by atoms with Crippen molar-refractivity contribution in [2.45, 2.75) is 19.4 Å². The third-order valence-corrected chi connectivity index (χ3v) is 0.997. The summed E-state index contributed by atoms with van der Waals surface area (Å²) in [6.07, 6.45) is 5.88. The van der Waals surface area contributed by atoms with Crippen LogP contribution in [0.15, 0.2) is 17.1 Å². The Kier molecular flexibility index (Phi) is 2.95. The number of aliphatic imine (C=N–C) groups is 1. The second-order valence-electron chi connectivity index (χ2n) is 2.29. The second-order valence-corrected chi connectivity index (χ2v) is 2.29. The van der Waals surface area contributed by atoms with Crippen molar-refractivity contribution in [1.82, 2.24) is 0 Å². The van der Waals surface area contributed by atoms with Crippen LogP contribution in [0.1, 0.15) is 15.3 Å². The minimum absolute atomic E-state index is 0. The van der Waals surface area contributed by atoms with Crippen LogP contribution in [0.2, 0.25) is 0 Å². The van der Waals surface area contributed by atoms with E-state index in [0.29, 0.717) is 0 Å². The topological polar surface area (TPSA) is 12.4 Å². The maximum atomic E-state index is 4.13. The first-order valence-corrected chi connectivity index (χ1v) is 2.44. The van der Waals surface area contributed by atoms with Gasteiger partial charge in [-0.15, -0.1) is 0 Å². The van der Waals surface area contributed by atoms with Crippen molar-refractivity contribution in [2.75, 3.05) is 0 Å². The van der Waals surface area contributed by atoms with E-state index in [2.05, 4.69) is 24.9 Å². The average molecular weight is 119 g/mol. The Morgan fingerprint density at radius 1 is 1.50 bits per heavy atom. The maximum Gasteiger partial charge on any atom is 1.00 e. The molecule has 0 N–H and O–H groups in total. The molecule has 0 radical (unpaired) electrons. The standard InChI is InChI=1S/C6H9N.Na.H/c1-6(2)4-3-5-7-6;;/h3-5H,1-2H3;;/q;+1;-1. The third kappa shape index (κ3) is 2.12. The Balaban J connectivity index is 0. The summed E-state index contributed by atoms with van der Waals surface area (Å²) in [5, 5.41) is 0. The fraction of sp³-hybridized carbons (Fsp3) is 0.500. The normalized spacial score (nSPS) is 20.8. The molecule has 0 aromatic carbocycles. The molecule has 0 aromatic heterocycles. The molecular formula is C6H10NNa. The van der Waals surface area contributed by atoms with Gasteiger partial charge in [0.25, 0.3) is 0 Å². The SMILES string of the molecule is CC1(C)C=CC=N1.[H-].[Na+]. The van der Waals surface area contributed by atoms with Gasteiger partial charge in [0, 0.05) is 6.21 Å². The van der Waals surface area contributed by atoms with Crippen LogP contribution < -0.4 is 29.6 Å². The summed E-state index contributed by atoms with van der Waals surface area (Å²) in [4.78, 5) is 4.13. The van der Waals surface area contributed by atoms with Crippen LogP contribution >= 0.6 is 0 Å². The van der Waals surface area contributed by atoms with E-state index in [-0.39, 0.29) is 36.5 Å². The molecule has 0 saturated carbocycles. The summed E-state index contributed by atoms with van der Waals surface area (Å²) in [6, 6.07) is 0. The van der Waals surface area contributed by atoms with Gasteiger partial charge in [0.15, 0.2) is 0 Å². The average Bonchev–Trinajstić information content (AvgIpc) is 1.84. The van der Waals surface area contributed by atoms with E-state index in [1.807, 2.05) is 12.3 Å². The molecule has 0 amide bonds. The van der Waals surface area contributed by atoms with Crippen molar-refractivity contribution in [3.63, 3.8) is 0 Å². The van der Waals surface area contributed by atoms with Crippen molar-refractivity contribution in [3.05, 3.63) is 12.2 Å². The quantitative estimate of drug-likeness (QED) is 0.345. The predicted molar refractivity (Wildman–Crippen MR) is 32.8 cm³/mol. The first kappa shape index (κ1) is 8.41. The molecule has 0 bridgehead atoms. The Hall–Kier alpha value is 0.410. The predicted octanol–water partition coefficient (Wildman–Crippen LogP) is -1.48. The molecule has 0 spiro atoms. The summed E-state index contributed by atoms with van der Waals surface area (Å²) >= 11 is 0. The summed E-state index contributed by atoms with van der Waals surface area (Å²) in [7, 11) is 0. The molecular weight excluding hydrogens is 109 g/mol. The van der Waals surface area contributed by atoms with Crippen molar-refractivity contribution >= 4 is 6.21 Å². The van der Waals surface area contributed by atoms with Crippen molar-refractivity contribution in [2.24, 2.45) is 4.99 Å². The monoisotopic (exact) mass is 119 g/mol. The molecule has 0 aromatic rings. The van der Waals surface area contributed by atoms with Crippen molar-refractivity contribution in [3.8, 4) is 0 Å². The van der Waals surface area contributed by atoms with Gasteiger partial charge in [-0.25, -0.2) is 0 Å². The van der Waals surface area contributed by atoms with E-state index >= 15 is 0 Å². The summed E-state index contributed by atoms with van der Waals surface area (Å²) in [5.41, 5.74) is 0.0833. The summed E-state index contributed by atoms with van der Waals surface area (Å²) in [6.45, 7) is 4.15. The first-order chi connectivity index (χ1) is 3.21. The summed E-state index contributed by atoms with van der Waals surface area (Å²) < 4.78 is 0. The molecule has 1 aliphatic heterocycles. The fourth-order valence-electron chi connectivity index (χ4n) is 0.557. The van der Waals surface area contributed by atoms with Crippen molar-refractivity contribution in [1.29, 1.82) is 0 Å². The van der Waals surface area contributed by atoms with E-state index < -0.39 is 0 Å². The number of nitrogens with zero attached hydrogens (tertiary/aromatic N) is 1. The van der Waals surface area contributed by atoms with Crippen LogP contribution in [0.3, 0.4) is 0 Å². The van der Waals surface area contributed by atoms with Crippen LogP contribution in [-0.2, 0) is 0 Å². The molecule has 0 saturated heterocycles. The smallest absolute Gasteiger partial charge is 1.00 e. The van der Waals surface area contributed by atoms with Gasteiger partial charge in [0.1, 0.15) is 0 Å². The Bertz CT molecular complexity index is 115.